The van der Waals surface area contributed by atoms with Crippen LogP contribution in [0.2, 0.25) is 0 Å². The molecule has 0 saturated heterocycles. The van der Waals surface area contributed by atoms with Crippen LogP contribution < -0.4 is 5.32 Å². The zero-order chi connectivity index (χ0) is 14.7. The third-order valence-corrected chi connectivity index (χ3v) is 3.98. The largest absolute Gasteiger partial charge is 0.356 e. The Morgan fingerprint density at radius 3 is 3.00 bits per heavy atom. The van der Waals surface area contributed by atoms with Gasteiger partial charge in [0.05, 0.1) is 12.0 Å². The number of carbonyl (C=O) groups excluding carboxylic acids is 1. The van der Waals surface area contributed by atoms with E-state index in [4.69, 9.17) is 0 Å². The van der Waals surface area contributed by atoms with Crippen molar-refractivity contribution in [2.75, 3.05) is 6.54 Å². The van der Waals surface area contributed by atoms with Gasteiger partial charge in [0.25, 0.3) is 0 Å². The lowest BCUT2D eigenvalue weighted by Gasteiger charge is -2.20. The van der Waals surface area contributed by atoms with Crippen LogP contribution in [0.15, 0.2) is 30.6 Å². The van der Waals surface area contributed by atoms with Crippen molar-refractivity contribution >= 4 is 5.91 Å². The first kappa shape index (κ1) is 13.8. The highest BCUT2D eigenvalue weighted by molar-refractivity contribution is 5.79. The minimum atomic E-state index is -0.236. The second-order valence-corrected chi connectivity index (χ2v) is 5.44. The maximum atomic E-state index is 12.8. The van der Waals surface area contributed by atoms with Gasteiger partial charge in [0, 0.05) is 24.6 Å². The first-order valence-electron chi connectivity index (χ1n) is 7.25. The van der Waals surface area contributed by atoms with E-state index in [1.165, 1.54) is 12.1 Å². The highest BCUT2D eigenvalue weighted by Gasteiger charge is 2.25. The number of hydrogen-bond donors (Lipinski definition) is 2. The van der Waals surface area contributed by atoms with Crippen LogP contribution in [0.4, 0.5) is 4.39 Å². The van der Waals surface area contributed by atoms with Crippen molar-refractivity contribution in [1.29, 1.82) is 0 Å². The van der Waals surface area contributed by atoms with Gasteiger partial charge in [-0.1, -0.05) is 12.1 Å². The molecule has 0 radical (unpaired) electrons. The van der Waals surface area contributed by atoms with Crippen LogP contribution >= 0.6 is 0 Å². The Hall–Kier alpha value is -2.17. The Kier molecular flexibility index (Phi) is 3.99. The Balaban J connectivity index is 1.48. The molecular weight excluding hydrogens is 269 g/mol. The molecule has 0 spiro atoms. The fourth-order valence-electron chi connectivity index (χ4n) is 2.75. The van der Waals surface area contributed by atoms with E-state index in [1.54, 1.807) is 18.5 Å². The predicted molar refractivity (Wildman–Crippen MR) is 77.2 cm³/mol. The van der Waals surface area contributed by atoms with Crippen LogP contribution in [-0.4, -0.2) is 22.4 Å². The van der Waals surface area contributed by atoms with Crippen molar-refractivity contribution in [3.8, 4) is 0 Å². The molecule has 110 valence electrons. The number of aromatic nitrogens is 2. The van der Waals surface area contributed by atoms with Gasteiger partial charge in [-0.3, -0.25) is 4.79 Å². The highest BCUT2D eigenvalue weighted by atomic mass is 19.1. The number of nitrogens with zero attached hydrogens (tertiary/aromatic N) is 1. The van der Waals surface area contributed by atoms with Crippen molar-refractivity contribution in [1.82, 2.24) is 15.3 Å². The van der Waals surface area contributed by atoms with E-state index < -0.39 is 0 Å². The van der Waals surface area contributed by atoms with Crippen LogP contribution in [0.5, 0.6) is 0 Å². The van der Waals surface area contributed by atoms with Crippen molar-refractivity contribution in [2.45, 2.75) is 25.7 Å². The lowest BCUT2D eigenvalue weighted by molar-refractivity contribution is -0.125. The number of benzene rings is 1. The standard InChI is InChI=1S/C16H18FN3O/c17-13-4-1-11(2-5-13)7-8-18-16(21)12-3-6-14-15(9-12)20-10-19-14/h1-2,4-5,10,12H,3,6-9H2,(H,18,21)(H,19,20). The molecule has 0 aliphatic heterocycles. The van der Waals surface area contributed by atoms with E-state index in [1.807, 2.05) is 0 Å². The Morgan fingerprint density at radius 2 is 2.19 bits per heavy atom. The van der Waals surface area contributed by atoms with E-state index in [2.05, 4.69) is 15.3 Å². The quantitative estimate of drug-likeness (QED) is 0.904. The summed E-state index contributed by atoms with van der Waals surface area (Å²) in [5, 5.41) is 2.97. The third kappa shape index (κ3) is 3.29. The molecule has 0 saturated carbocycles. The molecule has 1 heterocycles. The highest BCUT2D eigenvalue weighted by Crippen LogP contribution is 2.22. The maximum Gasteiger partial charge on any atom is 0.223 e. The number of fused-ring (bicyclic) bond motifs is 1. The number of aryl methyl sites for hydroxylation is 1. The summed E-state index contributed by atoms with van der Waals surface area (Å²) in [5.41, 5.74) is 3.20. The van der Waals surface area contributed by atoms with Gasteiger partial charge >= 0.3 is 0 Å². The average Bonchev–Trinajstić information content (AvgIpc) is 2.96. The molecule has 5 heteroatoms. The summed E-state index contributed by atoms with van der Waals surface area (Å²) in [5.74, 6) is -0.121. The van der Waals surface area contributed by atoms with Crippen molar-refractivity contribution in [3.05, 3.63) is 53.4 Å². The monoisotopic (exact) mass is 287 g/mol. The zero-order valence-electron chi connectivity index (χ0n) is 11.7. The minimum Gasteiger partial charge on any atom is -0.356 e. The summed E-state index contributed by atoms with van der Waals surface area (Å²) < 4.78 is 12.8. The fraction of sp³-hybridized carbons (Fsp3) is 0.375. The van der Waals surface area contributed by atoms with Crippen molar-refractivity contribution in [2.24, 2.45) is 5.92 Å². The molecule has 1 atom stereocenters. The van der Waals surface area contributed by atoms with Crippen molar-refractivity contribution < 1.29 is 9.18 Å². The van der Waals surface area contributed by atoms with Gasteiger partial charge in [-0.2, -0.15) is 0 Å². The topological polar surface area (TPSA) is 57.8 Å². The number of carbonyl (C=O) groups is 1. The summed E-state index contributed by atoms with van der Waals surface area (Å²) in [6.45, 7) is 0.580. The minimum absolute atomic E-state index is 0.0196. The number of nitrogens with one attached hydrogen (secondary N) is 2. The van der Waals surface area contributed by atoms with Gasteiger partial charge < -0.3 is 10.3 Å². The molecule has 0 bridgehead atoms. The number of halogens is 1. The van der Waals surface area contributed by atoms with Crippen LogP contribution in [0.3, 0.4) is 0 Å². The second-order valence-electron chi connectivity index (χ2n) is 5.44. The number of H-pyrrole nitrogens is 1. The number of rotatable bonds is 4. The molecule has 3 rings (SSSR count). The Labute approximate surface area is 122 Å². The molecule has 1 aromatic carbocycles. The predicted octanol–water partition coefficient (Wildman–Crippen LogP) is 2.01. The second kappa shape index (κ2) is 6.08. The fourth-order valence-corrected chi connectivity index (χ4v) is 2.75. The van der Waals surface area contributed by atoms with Gasteiger partial charge in [0.2, 0.25) is 5.91 Å². The molecule has 1 amide bonds. The van der Waals surface area contributed by atoms with Gasteiger partial charge in [-0.25, -0.2) is 9.37 Å². The Bertz CT molecular complexity index is 621. The summed E-state index contributed by atoms with van der Waals surface area (Å²) in [4.78, 5) is 19.5. The van der Waals surface area contributed by atoms with E-state index in [9.17, 15) is 9.18 Å². The number of amides is 1. The average molecular weight is 287 g/mol. The summed E-state index contributed by atoms with van der Waals surface area (Å²) in [6.07, 6.45) is 4.85. The van der Waals surface area contributed by atoms with Crippen molar-refractivity contribution in [3.63, 3.8) is 0 Å². The molecule has 1 aromatic heterocycles. The van der Waals surface area contributed by atoms with Crippen LogP contribution in [0, 0.1) is 11.7 Å². The smallest absolute Gasteiger partial charge is 0.223 e. The van der Waals surface area contributed by atoms with E-state index in [0.717, 1.165) is 36.2 Å². The lowest BCUT2D eigenvalue weighted by atomic mass is 9.89. The molecule has 1 unspecified atom stereocenters. The first-order chi connectivity index (χ1) is 10.2. The molecule has 1 aliphatic carbocycles. The van der Waals surface area contributed by atoms with E-state index in [0.29, 0.717) is 13.0 Å². The molecule has 21 heavy (non-hydrogen) atoms. The third-order valence-electron chi connectivity index (χ3n) is 3.98. The number of hydrogen-bond acceptors (Lipinski definition) is 2. The van der Waals surface area contributed by atoms with Crippen LogP contribution in [-0.2, 0) is 24.1 Å². The molecular formula is C16H18FN3O. The summed E-state index contributed by atoms with van der Waals surface area (Å²) in [7, 11) is 0. The van der Waals surface area contributed by atoms with E-state index in [-0.39, 0.29) is 17.6 Å². The summed E-state index contributed by atoms with van der Waals surface area (Å²) in [6, 6.07) is 6.38. The molecule has 4 nitrogen and oxygen atoms in total. The molecule has 1 aliphatic rings. The molecule has 0 fully saturated rings. The van der Waals surface area contributed by atoms with Gasteiger partial charge in [0.15, 0.2) is 0 Å². The van der Waals surface area contributed by atoms with Gasteiger partial charge in [-0.15, -0.1) is 0 Å². The summed E-state index contributed by atoms with van der Waals surface area (Å²) >= 11 is 0. The number of imidazole rings is 1. The molecule has 2 N–H and O–H groups in total. The van der Waals surface area contributed by atoms with Gasteiger partial charge in [-0.05, 0) is 37.0 Å². The first-order valence-corrected chi connectivity index (χ1v) is 7.25. The lowest BCUT2D eigenvalue weighted by Crippen LogP contribution is -2.35. The maximum absolute atomic E-state index is 12.8. The van der Waals surface area contributed by atoms with Crippen LogP contribution in [0.25, 0.3) is 0 Å². The van der Waals surface area contributed by atoms with Gasteiger partial charge in [0.1, 0.15) is 5.82 Å². The molecule has 2 aromatic rings. The SMILES string of the molecule is O=C(NCCc1ccc(F)cc1)C1CCc2nc[nH]c2C1. The normalized spacial score (nSPS) is 17.3. The van der Waals surface area contributed by atoms with Crippen LogP contribution in [0.1, 0.15) is 23.4 Å². The Morgan fingerprint density at radius 1 is 1.38 bits per heavy atom. The number of aromatic amines is 1. The zero-order valence-corrected chi connectivity index (χ0v) is 11.7. The van der Waals surface area contributed by atoms with E-state index >= 15 is 0 Å².